The first-order chi connectivity index (χ1) is 14.1. The zero-order valence-electron chi connectivity index (χ0n) is 19.0. The molecule has 31 heavy (non-hydrogen) atoms. The van der Waals surface area contributed by atoms with Crippen molar-refractivity contribution in [1.82, 2.24) is 0 Å². The van der Waals surface area contributed by atoms with Gasteiger partial charge in [-0.05, 0) is 59.9 Å². The van der Waals surface area contributed by atoms with Crippen molar-refractivity contribution in [3.63, 3.8) is 0 Å². The fraction of sp³-hybridized carbons (Fsp3) is 0.545. The molecule has 0 saturated carbocycles. The maximum atomic E-state index is 13.1. The first-order valence-corrected chi connectivity index (χ1v) is 11.5. The molecule has 0 aliphatic heterocycles. The van der Waals surface area contributed by atoms with Gasteiger partial charge in [0, 0.05) is 0 Å². The van der Waals surface area contributed by atoms with Gasteiger partial charge in [0.15, 0.2) is 0 Å². The summed E-state index contributed by atoms with van der Waals surface area (Å²) in [5.41, 5.74) is 2.88. The standard InChI is InChI=1S/C22H33NO7S/c1-7-28-31(26,27)16-12-11-15-22(23,18(24)29-20(2,3)4)19(25)30-21(5,6)17-13-9-8-10-14-17/h8-10,12-14,16H,7,11,15,23H2,1-6H3/b16-12+. The van der Waals surface area contributed by atoms with Crippen LogP contribution in [0.25, 0.3) is 0 Å². The lowest BCUT2D eigenvalue weighted by Crippen LogP contribution is -2.58. The predicted octanol–water partition coefficient (Wildman–Crippen LogP) is 3.16. The average molecular weight is 456 g/mol. The lowest BCUT2D eigenvalue weighted by atomic mass is 9.92. The van der Waals surface area contributed by atoms with Crippen molar-refractivity contribution in [2.45, 2.75) is 71.1 Å². The molecular weight excluding hydrogens is 422 g/mol. The lowest BCUT2D eigenvalue weighted by Gasteiger charge is -2.33. The van der Waals surface area contributed by atoms with Gasteiger partial charge in [0.25, 0.3) is 10.1 Å². The molecule has 9 heteroatoms. The van der Waals surface area contributed by atoms with Gasteiger partial charge in [0.1, 0.15) is 11.2 Å². The highest BCUT2D eigenvalue weighted by atomic mass is 32.2. The molecule has 2 N–H and O–H groups in total. The number of esters is 2. The Morgan fingerprint density at radius 3 is 2.06 bits per heavy atom. The van der Waals surface area contributed by atoms with Crippen molar-refractivity contribution in [3.8, 4) is 0 Å². The molecule has 0 aliphatic rings. The van der Waals surface area contributed by atoms with Crippen LogP contribution in [0.2, 0.25) is 0 Å². The molecule has 0 heterocycles. The first kappa shape index (κ1) is 26.8. The number of carbonyl (C=O) groups excluding carboxylic acids is 2. The molecule has 0 fully saturated rings. The molecule has 1 aromatic carbocycles. The average Bonchev–Trinajstić information content (AvgIpc) is 2.64. The van der Waals surface area contributed by atoms with Crippen molar-refractivity contribution >= 4 is 22.1 Å². The molecule has 1 rings (SSSR count). The summed E-state index contributed by atoms with van der Waals surface area (Å²) in [6, 6.07) is 9.02. The van der Waals surface area contributed by atoms with Gasteiger partial charge in [0.2, 0.25) is 5.54 Å². The second kappa shape index (κ2) is 10.4. The minimum absolute atomic E-state index is 0.00289. The molecule has 0 aromatic heterocycles. The predicted molar refractivity (Wildman–Crippen MR) is 117 cm³/mol. The van der Waals surface area contributed by atoms with Gasteiger partial charge in [-0.2, -0.15) is 8.42 Å². The van der Waals surface area contributed by atoms with Crippen LogP contribution in [0.3, 0.4) is 0 Å². The van der Waals surface area contributed by atoms with Crippen LogP contribution < -0.4 is 5.73 Å². The molecule has 0 bridgehead atoms. The first-order valence-electron chi connectivity index (χ1n) is 10.0. The Morgan fingerprint density at radius 1 is 1.00 bits per heavy atom. The van der Waals surface area contributed by atoms with Crippen LogP contribution in [0.1, 0.15) is 59.9 Å². The molecule has 1 aromatic rings. The van der Waals surface area contributed by atoms with E-state index in [0.717, 1.165) is 11.0 Å². The van der Waals surface area contributed by atoms with E-state index in [-0.39, 0.29) is 19.4 Å². The molecule has 174 valence electrons. The highest BCUT2D eigenvalue weighted by Crippen LogP contribution is 2.28. The number of hydrogen-bond donors (Lipinski definition) is 1. The summed E-state index contributed by atoms with van der Waals surface area (Å²) in [6.07, 6.45) is 1.05. The minimum atomic E-state index is -3.84. The van der Waals surface area contributed by atoms with Crippen LogP contribution in [0.15, 0.2) is 41.8 Å². The Labute approximate surface area is 184 Å². The summed E-state index contributed by atoms with van der Waals surface area (Å²) in [5, 5.41) is 0.866. The van der Waals surface area contributed by atoms with E-state index in [1.165, 1.54) is 6.08 Å². The molecule has 0 saturated heterocycles. The highest BCUT2D eigenvalue weighted by molar-refractivity contribution is 7.89. The van der Waals surface area contributed by atoms with Gasteiger partial charge in [-0.15, -0.1) is 0 Å². The topological polar surface area (TPSA) is 122 Å². The quantitative estimate of drug-likeness (QED) is 0.324. The van der Waals surface area contributed by atoms with Crippen molar-refractivity contribution in [3.05, 3.63) is 47.4 Å². The van der Waals surface area contributed by atoms with Gasteiger partial charge < -0.3 is 15.2 Å². The fourth-order valence-corrected chi connectivity index (χ4v) is 3.36. The van der Waals surface area contributed by atoms with Crippen LogP contribution in [0, 0.1) is 0 Å². The molecule has 0 radical (unpaired) electrons. The summed E-state index contributed by atoms with van der Waals surface area (Å²) < 4.78 is 38.8. The summed E-state index contributed by atoms with van der Waals surface area (Å²) in [4.78, 5) is 25.9. The van der Waals surface area contributed by atoms with E-state index in [2.05, 4.69) is 4.18 Å². The summed E-state index contributed by atoms with van der Waals surface area (Å²) in [7, 11) is -3.84. The van der Waals surface area contributed by atoms with Crippen LogP contribution in [0.5, 0.6) is 0 Å². The Kier molecular flexibility index (Phi) is 8.98. The zero-order chi connectivity index (χ0) is 23.9. The van der Waals surface area contributed by atoms with Gasteiger partial charge in [-0.25, -0.2) is 9.59 Å². The van der Waals surface area contributed by atoms with E-state index in [0.29, 0.717) is 0 Å². The van der Waals surface area contributed by atoms with Crippen molar-refractivity contribution < 1.29 is 31.7 Å². The van der Waals surface area contributed by atoms with Crippen LogP contribution in [0.4, 0.5) is 0 Å². The van der Waals surface area contributed by atoms with Crippen molar-refractivity contribution in [2.75, 3.05) is 6.61 Å². The van der Waals surface area contributed by atoms with E-state index in [4.69, 9.17) is 15.2 Å². The van der Waals surface area contributed by atoms with Gasteiger partial charge in [0.05, 0.1) is 12.0 Å². The van der Waals surface area contributed by atoms with E-state index in [1.807, 2.05) is 6.07 Å². The Morgan fingerprint density at radius 2 is 1.55 bits per heavy atom. The maximum Gasteiger partial charge on any atom is 0.338 e. The second-order valence-electron chi connectivity index (χ2n) is 8.55. The number of hydrogen-bond acceptors (Lipinski definition) is 8. The van der Waals surface area contributed by atoms with E-state index in [1.54, 1.807) is 65.8 Å². The molecule has 1 atom stereocenters. The van der Waals surface area contributed by atoms with Crippen LogP contribution >= 0.6 is 0 Å². The normalized spacial score (nSPS) is 14.8. The third-order valence-electron chi connectivity index (χ3n) is 4.19. The van der Waals surface area contributed by atoms with Crippen molar-refractivity contribution in [1.29, 1.82) is 0 Å². The monoisotopic (exact) mass is 455 g/mol. The van der Waals surface area contributed by atoms with E-state index >= 15 is 0 Å². The van der Waals surface area contributed by atoms with Gasteiger partial charge in [-0.1, -0.05) is 36.4 Å². The molecule has 0 spiro atoms. The maximum absolute atomic E-state index is 13.1. The lowest BCUT2D eigenvalue weighted by molar-refractivity contribution is -0.178. The summed E-state index contributed by atoms with van der Waals surface area (Å²) in [5.74, 6) is -1.91. The minimum Gasteiger partial charge on any atom is -0.458 e. The van der Waals surface area contributed by atoms with Crippen LogP contribution in [-0.2, 0) is 39.0 Å². The Hall–Kier alpha value is -2.23. The third kappa shape index (κ3) is 8.43. The number of carbonyl (C=O) groups is 2. The Bertz CT molecular complexity index is 886. The number of allylic oxidation sites excluding steroid dienone is 1. The zero-order valence-corrected chi connectivity index (χ0v) is 19.8. The van der Waals surface area contributed by atoms with E-state index < -0.39 is 38.8 Å². The van der Waals surface area contributed by atoms with Gasteiger partial charge in [-0.3, -0.25) is 4.18 Å². The number of rotatable bonds is 10. The molecule has 0 aliphatic carbocycles. The number of benzene rings is 1. The molecule has 8 nitrogen and oxygen atoms in total. The Balaban J connectivity index is 3.10. The second-order valence-corrected chi connectivity index (χ2v) is 10.0. The molecular formula is C22H33NO7S. The summed E-state index contributed by atoms with van der Waals surface area (Å²) in [6.45, 7) is 9.86. The smallest absolute Gasteiger partial charge is 0.338 e. The third-order valence-corrected chi connectivity index (χ3v) is 5.28. The molecule has 1 unspecified atom stereocenters. The number of nitrogens with two attached hydrogens (primary N) is 1. The van der Waals surface area contributed by atoms with Crippen molar-refractivity contribution in [2.24, 2.45) is 5.73 Å². The SMILES string of the molecule is CCOS(=O)(=O)/C=C/CCC(N)(C(=O)OC(C)(C)C)C(=O)OC(C)(C)c1ccccc1. The fourth-order valence-electron chi connectivity index (χ4n) is 2.58. The number of ether oxygens (including phenoxy) is 2. The van der Waals surface area contributed by atoms with Crippen LogP contribution in [-0.4, -0.2) is 38.1 Å². The highest BCUT2D eigenvalue weighted by Gasteiger charge is 2.48. The summed E-state index contributed by atoms with van der Waals surface area (Å²) >= 11 is 0. The van der Waals surface area contributed by atoms with E-state index in [9.17, 15) is 18.0 Å². The van der Waals surface area contributed by atoms with Gasteiger partial charge >= 0.3 is 11.9 Å². The molecule has 0 amide bonds. The largest absolute Gasteiger partial charge is 0.458 e.